The summed E-state index contributed by atoms with van der Waals surface area (Å²) in [5.74, 6) is -7.48. The first-order valence-corrected chi connectivity index (χ1v) is 4.67. The van der Waals surface area contributed by atoms with Crippen molar-refractivity contribution < 1.29 is 22.4 Å². The molecule has 0 aliphatic heterocycles. The Balaban J connectivity index is 3.04. The second-order valence-corrected chi connectivity index (χ2v) is 3.38. The first-order chi connectivity index (χ1) is 7.88. The number of halogens is 4. The van der Waals surface area contributed by atoms with E-state index >= 15 is 0 Å². The number of rotatable bonds is 3. The molecule has 0 saturated carbocycles. The highest BCUT2D eigenvalue weighted by molar-refractivity contribution is 5.81. The molecule has 1 amide bonds. The standard InChI is InChI=1S/C10H10F4N2O/c1-16-10(17)6(15)3-4-2-5(11)8(13)9(14)7(4)12/h2,6H,3,15H2,1H3,(H,16,17)/t6-/m0/s1. The average Bonchev–Trinajstić information content (AvgIpc) is 2.32. The van der Waals surface area contributed by atoms with Gasteiger partial charge in [0.1, 0.15) is 0 Å². The predicted molar refractivity (Wildman–Crippen MR) is 52.0 cm³/mol. The van der Waals surface area contributed by atoms with E-state index in [1.54, 1.807) is 0 Å². The zero-order valence-electron chi connectivity index (χ0n) is 8.86. The summed E-state index contributed by atoms with van der Waals surface area (Å²) < 4.78 is 51.5. The molecule has 94 valence electrons. The van der Waals surface area contributed by atoms with Crippen LogP contribution >= 0.6 is 0 Å². The van der Waals surface area contributed by atoms with E-state index in [0.29, 0.717) is 6.07 Å². The molecule has 1 aromatic rings. The van der Waals surface area contributed by atoms with Crippen LogP contribution in [-0.2, 0) is 11.2 Å². The Morgan fingerprint density at radius 1 is 1.29 bits per heavy atom. The fourth-order valence-electron chi connectivity index (χ4n) is 1.29. The highest BCUT2D eigenvalue weighted by Crippen LogP contribution is 2.19. The first-order valence-electron chi connectivity index (χ1n) is 4.67. The third-order valence-corrected chi connectivity index (χ3v) is 2.20. The summed E-state index contributed by atoms with van der Waals surface area (Å²) in [6, 6.07) is -0.685. The lowest BCUT2D eigenvalue weighted by Crippen LogP contribution is -2.40. The fourth-order valence-corrected chi connectivity index (χ4v) is 1.29. The van der Waals surface area contributed by atoms with Crippen LogP contribution in [-0.4, -0.2) is 19.0 Å². The van der Waals surface area contributed by atoms with Crippen molar-refractivity contribution in [1.82, 2.24) is 5.32 Å². The zero-order chi connectivity index (χ0) is 13.2. The number of nitrogens with two attached hydrogens (primary N) is 1. The Bertz CT molecular complexity index is 450. The van der Waals surface area contributed by atoms with Crippen molar-refractivity contribution in [3.8, 4) is 0 Å². The molecule has 0 saturated heterocycles. The topological polar surface area (TPSA) is 55.1 Å². The Labute approximate surface area is 94.6 Å². The van der Waals surface area contributed by atoms with E-state index in [4.69, 9.17) is 5.73 Å². The Hall–Kier alpha value is -1.63. The molecule has 0 unspecified atom stereocenters. The number of nitrogens with one attached hydrogen (secondary N) is 1. The molecule has 17 heavy (non-hydrogen) atoms. The summed E-state index contributed by atoms with van der Waals surface area (Å²) in [7, 11) is 1.31. The number of benzene rings is 1. The molecule has 1 rings (SSSR count). The normalized spacial score (nSPS) is 12.4. The van der Waals surface area contributed by atoms with Gasteiger partial charge in [-0.05, 0) is 18.1 Å². The lowest BCUT2D eigenvalue weighted by molar-refractivity contribution is -0.121. The van der Waals surface area contributed by atoms with Gasteiger partial charge < -0.3 is 11.1 Å². The molecule has 0 spiro atoms. The van der Waals surface area contributed by atoms with Crippen molar-refractivity contribution in [2.24, 2.45) is 5.73 Å². The number of hydrogen-bond acceptors (Lipinski definition) is 2. The van der Waals surface area contributed by atoms with E-state index < -0.39 is 47.2 Å². The van der Waals surface area contributed by atoms with E-state index in [2.05, 4.69) is 5.32 Å². The van der Waals surface area contributed by atoms with Crippen molar-refractivity contribution in [2.45, 2.75) is 12.5 Å². The maximum atomic E-state index is 13.2. The van der Waals surface area contributed by atoms with E-state index in [9.17, 15) is 22.4 Å². The van der Waals surface area contributed by atoms with Crippen LogP contribution in [0.4, 0.5) is 17.6 Å². The van der Waals surface area contributed by atoms with Crippen LogP contribution in [0.25, 0.3) is 0 Å². The number of carbonyl (C=O) groups excluding carboxylic acids is 1. The third kappa shape index (κ3) is 2.73. The number of carbonyl (C=O) groups is 1. The molecule has 1 atom stereocenters. The molecular formula is C10H10F4N2O. The Kier molecular flexibility index (Phi) is 4.06. The molecule has 0 aromatic heterocycles. The van der Waals surface area contributed by atoms with Crippen molar-refractivity contribution in [3.05, 3.63) is 34.9 Å². The lowest BCUT2D eigenvalue weighted by Gasteiger charge is -2.11. The van der Waals surface area contributed by atoms with Gasteiger partial charge in [0, 0.05) is 7.05 Å². The molecule has 7 heteroatoms. The molecule has 0 aliphatic carbocycles. The second-order valence-electron chi connectivity index (χ2n) is 3.38. The van der Waals surface area contributed by atoms with E-state index in [-0.39, 0.29) is 0 Å². The molecule has 0 radical (unpaired) electrons. The van der Waals surface area contributed by atoms with Gasteiger partial charge in [-0.15, -0.1) is 0 Å². The van der Waals surface area contributed by atoms with Crippen molar-refractivity contribution in [2.75, 3.05) is 7.05 Å². The van der Waals surface area contributed by atoms with Crippen LogP contribution in [0, 0.1) is 23.3 Å². The van der Waals surface area contributed by atoms with E-state index in [1.165, 1.54) is 7.05 Å². The first kappa shape index (κ1) is 13.4. The monoisotopic (exact) mass is 250 g/mol. The minimum Gasteiger partial charge on any atom is -0.358 e. The van der Waals surface area contributed by atoms with Crippen LogP contribution in [0.3, 0.4) is 0 Å². The Morgan fingerprint density at radius 3 is 2.41 bits per heavy atom. The zero-order valence-corrected chi connectivity index (χ0v) is 8.86. The van der Waals surface area contributed by atoms with Crippen molar-refractivity contribution >= 4 is 5.91 Å². The second kappa shape index (κ2) is 5.13. The van der Waals surface area contributed by atoms with Gasteiger partial charge in [0.05, 0.1) is 6.04 Å². The highest BCUT2D eigenvalue weighted by Gasteiger charge is 2.22. The summed E-state index contributed by atoms with van der Waals surface area (Å²) >= 11 is 0. The third-order valence-electron chi connectivity index (χ3n) is 2.20. The fraction of sp³-hybridized carbons (Fsp3) is 0.300. The highest BCUT2D eigenvalue weighted by atomic mass is 19.2. The van der Waals surface area contributed by atoms with Gasteiger partial charge in [0.25, 0.3) is 0 Å². The summed E-state index contributed by atoms with van der Waals surface area (Å²) in [5.41, 5.74) is 4.86. The lowest BCUT2D eigenvalue weighted by atomic mass is 10.0. The molecule has 3 N–H and O–H groups in total. The van der Waals surface area contributed by atoms with Gasteiger partial charge in [0.2, 0.25) is 5.91 Å². The molecule has 0 bridgehead atoms. The van der Waals surface area contributed by atoms with Crippen LogP contribution < -0.4 is 11.1 Å². The molecular weight excluding hydrogens is 240 g/mol. The minimum atomic E-state index is -1.91. The maximum absolute atomic E-state index is 13.2. The summed E-state index contributed by atoms with van der Waals surface area (Å²) in [6.07, 6.45) is -0.431. The van der Waals surface area contributed by atoms with Crippen molar-refractivity contribution in [3.63, 3.8) is 0 Å². The molecule has 0 aliphatic rings. The minimum absolute atomic E-state index is 0.431. The van der Waals surface area contributed by atoms with Gasteiger partial charge in [-0.25, -0.2) is 17.6 Å². The van der Waals surface area contributed by atoms with Crippen LogP contribution in [0.5, 0.6) is 0 Å². The smallest absolute Gasteiger partial charge is 0.237 e. The van der Waals surface area contributed by atoms with Gasteiger partial charge in [-0.2, -0.15) is 0 Å². The summed E-state index contributed by atoms with van der Waals surface area (Å²) in [6.45, 7) is 0. The largest absolute Gasteiger partial charge is 0.358 e. The molecule has 1 aromatic carbocycles. The number of amides is 1. The molecule has 3 nitrogen and oxygen atoms in total. The average molecular weight is 250 g/mol. The predicted octanol–water partition coefficient (Wildman–Crippen LogP) is 0.859. The van der Waals surface area contributed by atoms with Crippen LogP contribution in [0.15, 0.2) is 6.07 Å². The summed E-state index contributed by atoms with van der Waals surface area (Å²) in [4.78, 5) is 11.0. The number of hydrogen-bond donors (Lipinski definition) is 2. The van der Waals surface area contributed by atoms with Gasteiger partial charge in [-0.3, -0.25) is 4.79 Å². The molecule has 0 fully saturated rings. The van der Waals surface area contributed by atoms with Gasteiger partial charge in [0.15, 0.2) is 23.3 Å². The van der Waals surface area contributed by atoms with Crippen molar-refractivity contribution in [1.29, 1.82) is 0 Å². The van der Waals surface area contributed by atoms with E-state index in [1.807, 2.05) is 0 Å². The SMILES string of the molecule is CNC(=O)[C@@H](N)Cc1cc(F)c(F)c(F)c1F. The maximum Gasteiger partial charge on any atom is 0.237 e. The quantitative estimate of drug-likeness (QED) is 0.475. The van der Waals surface area contributed by atoms with E-state index in [0.717, 1.165) is 0 Å². The number of likely N-dealkylation sites (N-methyl/N-ethyl adjacent to an activating group) is 1. The van der Waals surface area contributed by atoms with Crippen LogP contribution in [0.2, 0.25) is 0 Å². The van der Waals surface area contributed by atoms with Gasteiger partial charge >= 0.3 is 0 Å². The molecule has 0 heterocycles. The van der Waals surface area contributed by atoms with Crippen LogP contribution in [0.1, 0.15) is 5.56 Å². The van der Waals surface area contributed by atoms with Gasteiger partial charge in [-0.1, -0.05) is 0 Å². The Morgan fingerprint density at radius 2 is 1.88 bits per heavy atom. The summed E-state index contributed by atoms with van der Waals surface area (Å²) in [5, 5.41) is 2.20.